The highest BCUT2D eigenvalue weighted by atomic mass is 16.5. The molecular formula is C29H36O4. The molecule has 0 atom stereocenters. The van der Waals surface area contributed by atoms with Crippen LogP contribution in [0.15, 0.2) is 89.1 Å². The van der Waals surface area contributed by atoms with Gasteiger partial charge in [-0.3, -0.25) is 4.79 Å². The van der Waals surface area contributed by atoms with Crippen molar-refractivity contribution in [2.45, 2.75) is 53.9 Å². The first-order chi connectivity index (χ1) is 15.7. The highest BCUT2D eigenvalue weighted by Gasteiger charge is 2.26. The molecule has 0 unspecified atom stereocenters. The van der Waals surface area contributed by atoms with Gasteiger partial charge in [0.25, 0.3) is 0 Å². The largest absolute Gasteiger partial charge is 0.486 e. The van der Waals surface area contributed by atoms with Crippen LogP contribution < -0.4 is 4.74 Å². The minimum Gasteiger partial charge on any atom is -0.486 e. The molecular weight excluding hydrogens is 412 g/mol. The van der Waals surface area contributed by atoms with Crippen molar-refractivity contribution in [1.29, 1.82) is 0 Å². The highest BCUT2D eigenvalue weighted by Crippen LogP contribution is 2.40. The fourth-order valence-electron chi connectivity index (χ4n) is 3.78. The van der Waals surface area contributed by atoms with Gasteiger partial charge in [-0.15, -0.1) is 0 Å². The van der Waals surface area contributed by atoms with Crippen molar-refractivity contribution >= 4 is 11.8 Å². The predicted octanol–water partition coefficient (Wildman–Crippen LogP) is 6.71. The smallest absolute Gasteiger partial charge is 0.331 e. The van der Waals surface area contributed by atoms with Crippen molar-refractivity contribution in [2.24, 2.45) is 5.41 Å². The average Bonchev–Trinajstić information content (AvgIpc) is 2.76. The summed E-state index contributed by atoms with van der Waals surface area (Å²) in [5, 5.41) is 0. The zero-order chi connectivity index (χ0) is 24.3. The number of hydrogen-bond acceptors (Lipinski definition) is 4. The first-order valence-electron chi connectivity index (χ1n) is 11.5. The Kier molecular flexibility index (Phi) is 10.1. The summed E-state index contributed by atoms with van der Waals surface area (Å²) in [5.41, 5.74) is 5.02. The van der Waals surface area contributed by atoms with Gasteiger partial charge in [0, 0.05) is 6.08 Å². The topological polar surface area (TPSA) is 52.6 Å². The van der Waals surface area contributed by atoms with E-state index in [0.29, 0.717) is 5.75 Å². The molecule has 1 aromatic carbocycles. The van der Waals surface area contributed by atoms with E-state index in [9.17, 15) is 9.59 Å². The Hall–Kier alpha value is -3.14. The maximum Gasteiger partial charge on any atom is 0.331 e. The van der Waals surface area contributed by atoms with Crippen molar-refractivity contribution in [1.82, 2.24) is 0 Å². The third-order valence-electron chi connectivity index (χ3n) is 5.64. The van der Waals surface area contributed by atoms with E-state index in [1.165, 1.54) is 36.5 Å². The number of hydrogen-bond donors (Lipinski definition) is 0. The summed E-state index contributed by atoms with van der Waals surface area (Å²) in [6, 6.07) is 9.04. The molecule has 0 saturated carbocycles. The second-order valence-electron chi connectivity index (χ2n) is 9.17. The Bertz CT molecular complexity index is 972. The SMILES string of the molecule is CC1=C(/C=C/C(C)=C/C=C/C(C)=C/C(=O)OCC(=O)COc2ccccc2)C(C)(C)CCC1. The molecule has 0 saturated heterocycles. The predicted molar refractivity (Wildman–Crippen MR) is 134 cm³/mol. The van der Waals surface area contributed by atoms with Crippen molar-refractivity contribution in [3.63, 3.8) is 0 Å². The van der Waals surface area contributed by atoms with Gasteiger partial charge in [0.1, 0.15) is 12.4 Å². The zero-order valence-corrected chi connectivity index (χ0v) is 20.5. The van der Waals surface area contributed by atoms with E-state index < -0.39 is 5.97 Å². The molecule has 2 rings (SSSR count). The Balaban J connectivity index is 1.80. The Morgan fingerprint density at radius 1 is 1.03 bits per heavy atom. The van der Waals surface area contributed by atoms with Gasteiger partial charge in [-0.2, -0.15) is 0 Å². The molecule has 0 spiro atoms. The number of benzene rings is 1. The summed E-state index contributed by atoms with van der Waals surface area (Å²) >= 11 is 0. The molecule has 4 nitrogen and oxygen atoms in total. The van der Waals surface area contributed by atoms with Crippen LogP contribution in [-0.4, -0.2) is 25.0 Å². The summed E-state index contributed by atoms with van der Waals surface area (Å²) in [5.74, 6) is -0.246. The van der Waals surface area contributed by atoms with Crippen LogP contribution in [0, 0.1) is 5.41 Å². The fourth-order valence-corrected chi connectivity index (χ4v) is 3.78. The number of Topliss-reactive ketones (excluding diaryl/α,β-unsaturated/α-hetero) is 1. The number of carbonyl (C=O) groups is 2. The van der Waals surface area contributed by atoms with Crippen molar-refractivity contribution in [2.75, 3.05) is 13.2 Å². The number of ketones is 1. The molecule has 0 aromatic heterocycles. The lowest BCUT2D eigenvalue weighted by Gasteiger charge is -2.32. The molecule has 0 radical (unpaired) electrons. The molecule has 0 fully saturated rings. The molecule has 1 aliphatic rings. The van der Waals surface area contributed by atoms with E-state index >= 15 is 0 Å². The average molecular weight is 449 g/mol. The monoisotopic (exact) mass is 448 g/mol. The van der Waals surface area contributed by atoms with Gasteiger partial charge in [0.15, 0.2) is 6.61 Å². The molecule has 33 heavy (non-hydrogen) atoms. The third kappa shape index (κ3) is 9.48. The van der Waals surface area contributed by atoms with E-state index in [4.69, 9.17) is 9.47 Å². The van der Waals surface area contributed by atoms with Crippen molar-refractivity contribution < 1.29 is 19.1 Å². The van der Waals surface area contributed by atoms with Gasteiger partial charge in [-0.1, -0.05) is 73.6 Å². The Morgan fingerprint density at radius 3 is 2.45 bits per heavy atom. The molecule has 0 heterocycles. The van der Waals surface area contributed by atoms with Crippen LogP contribution >= 0.6 is 0 Å². The Labute approximate surface area is 198 Å². The van der Waals surface area contributed by atoms with Gasteiger partial charge in [0.2, 0.25) is 5.78 Å². The van der Waals surface area contributed by atoms with Gasteiger partial charge in [-0.05, 0) is 68.7 Å². The molecule has 176 valence electrons. The molecule has 1 aromatic rings. The standard InChI is InChI=1S/C29H36O4/c1-22(16-17-27-24(3)13-10-18-29(27,4)5)11-9-12-23(2)19-28(31)33-21-25(30)20-32-26-14-7-6-8-15-26/h6-9,11-12,14-17,19H,10,13,18,20-21H2,1-5H3/b12-9+,17-16+,22-11+,23-19+. The molecule has 4 heteroatoms. The highest BCUT2D eigenvalue weighted by molar-refractivity contribution is 5.87. The summed E-state index contributed by atoms with van der Waals surface area (Å²) < 4.78 is 10.4. The third-order valence-corrected chi connectivity index (χ3v) is 5.64. The minimum atomic E-state index is -0.548. The second kappa shape index (κ2) is 12.8. The van der Waals surface area contributed by atoms with Crippen LogP contribution in [0.1, 0.15) is 53.9 Å². The van der Waals surface area contributed by atoms with Crippen molar-refractivity contribution in [3.8, 4) is 5.75 Å². The van der Waals surface area contributed by atoms with E-state index in [0.717, 1.165) is 11.1 Å². The van der Waals surface area contributed by atoms with Gasteiger partial charge in [0.05, 0.1) is 0 Å². The van der Waals surface area contributed by atoms with E-state index in [-0.39, 0.29) is 24.4 Å². The number of esters is 1. The lowest BCUT2D eigenvalue weighted by molar-refractivity contribution is -0.143. The first-order valence-corrected chi connectivity index (χ1v) is 11.5. The summed E-state index contributed by atoms with van der Waals surface area (Å²) in [4.78, 5) is 23.8. The first kappa shape index (κ1) is 26.1. The molecule has 0 amide bonds. The number of para-hydroxylation sites is 1. The molecule has 0 N–H and O–H groups in total. The van der Waals surface area contributed by atoms with Crippen LogP contribution in [0.3, 0.4) is 0 Å². The van der Waals surface area contributed by atoms with Crippen LogP contribution in [0.2, 0.25) is 0 Å². The van der Waals surface area contributed by atoms with Crippen LogP contribution in [-0.2, 0) is 14.3 Å². The Morgan fingerprint density at radius 2 is 1.76 bits per heavy atom. The van der Waals surface area contributed by atoms with Gasteiger partial charge >= 0.3 is 5.97 Å². The van der Waals surface area contributed by atoms with E-state index in [2.05, 4.69) is 39.8 Å². The molecule has 0 aliphatic heterocycles. The summed E-state index contributed by atoms with van der Waals surface area (Å²) in [6.45, 7) is 10.3. The van der Waals surface area contributed by atoms with Gasteiger partial charge in [-0.25, -0.2) is 4.79 Å². The van der Waals surface area contributed by atoms with Crippen molar-refractivity contribution in [3.05, 3.63) is 89.1 Å². The lowest BCUT2D eigenvalue weighted by Crippen LogP contribution is -2.19. The van der Waals surface area contributed by atoms with E-state index in [1.54, 1.807) is 12.1 Å². The normalized spacial score (nSPS) is 17.0. The number of carbonyl (C=O) groups excluding carboxylic acids is 2. The summed E-state index contributed by atoms with van der Waals surface area (Å²) in [7, 11) is 0. The lowest BCUT2D eigenvalue weighted by atomic mass is 9.72. The fraction of sp³-hybridized carbons (Fsp3) is 0.379. The number of ether oxygens (including phenoxy) is 2. The maximum absolute atomic E-state index is 11.9. The second-order valence-corrected chi connectivity index (χ2v) is 9.17. The van der Waals surface area contributed by atoms with E-state index in [1.807, 2.05) is 43.4 Å². The van der Waals surface area contributed by atoms with Crippen LogP contribution in [0.25, 0.3) is 0 Å². The molecule has 1 aliphatic carbocycles. The van der Waals surface area contributed by atoms with Crippen LogP contribution in [0.4, 0.5) is 0 Å². The zero-order valence-electron chi connectivity index (χ0n) is 20.5. The number of allylic oxidation sites excluding steroid dienone is 9. The quantitative estimate of drug-likeness (QED) is 0.227. The maximum atomic E-state index is 11.9. The minimum absolute atomic E-state index is 0.134. The van der Waals surface area contributed by atoms with Gasteiger partial charge < -0.3 is 9.47 Å². The number of rotatable bonds is 10. The van der Waals surface area contributed by atoms with Crippen LogP contribution in [0.5, 0.6) is 5.75 Å². The summed E-state index contributed by atoms with van der Waals surface area (Å²) in [6.07, 6.45) is 15.2. The molecule has 0 bridgehead atoms.